The molecule has 1 amide bonds. The van der Waals surface area contributed by atoms with Gasteiger partial charge in [0.2, 0.25) is 0 Å². The minimum atomic E-state index is -0.447. The van der Waals surface area contributed by atoms with Gasteiger partial charge in [-0.1, -0.05) is 66.4 Å². The Balaban J connectivity index is 1.29. The summed E-state index contributed by atoms with van der Waals surface area (Å²) in [5, 5.41) is 12.6. The molecule has 1 aliphatic carbocycles. The molecule has 4 nitrogen and oxygen atoms in total. The normalized spacial score (nSPS) is 11.8. The van der Waals surface area contributed by atoms with E-state index >= 15 is 0 Å². The number of aryl methyl sites for hydroxylation is 1. The summed E-state index contributed by atoms with van der Waals surface area (Å²) in [6.07, 6.45) is 0.0224. The van der Waals surface area contributed by atoms with Crippen molar-refractivity contribution in [1.29, 1.82) is 0 Å². The third kappa shape index (κ3) is 4.16. The van der Waals surface area contributed by atoms with E-state index in [0.29, 0.717) is 25.1 Å². The number of ether oxygens (including phenoxy) is 1. The largest absolute Gasteiger partial charge is 0.507 e. The molecule has 1 aliphatic rings. The monoisotopic (exact) mass is 397 g/mol. The molecule has 3 aromatic carbocycles. The second-order valence-electron chi connectivity index (χ2n) is 7.32. The average molecular weight is 397 g/mol. The highest BCUT2D eigenvalue weighted by atomic mass is 16.5. The quantitative estimate of drug-likeness (QED) is 0.482. The Kier molecular flexibility index (Phi) is 5.72. The molecule has 0 unspecified atom stereocenters. The fourth-order valence-electron chi connectivity index (χ4n) is 3.78. The number of hydrogen-bond acceptors (Lipinski definition) is 3. The highest BCUT2D eigenvalue weighted by molar-refractivity contribution is 5.79. The second kappa shape index (κ2) is 8.75. The number of aromatic hydroxyl groups is 1. The zero-order chi connectivity index (χ0) is 20.9. The van der Waals surface area contributed by atoms with Crippen molar-refractivity contribution in [3.8, 4) is 28.7 Å². The molecule has 0 atom stereocenters. The lowest BCUT2D eigenvalue weighted by Gasteiger charge is -2.14. The lowest BCUT2D eigenvalue weighted by Crippen LogP contribution is -2.26. The molecule has 0 heterocycles. The predicted molar refractivity (Wildman–Crippen MR) is 117 cm³/mol. The van der Waals surface area contributed by atoms with Gasteiger partial charge in [-0.2, -0.15) is 0 Å². The number of benzene rings is 3. The van der Waals surface area contributed by atoms with Crippen LogP contribution >= 0.6 is 0 Å². The standard InChI is InChI=1S/C26H23NO3/c1-18-13-14-19(25(28)16-18)8-6-7-15-27-26(29)30-17-24-22-11-4-2-9-20(22)21-10-3-5-12-23(21)24/h2-5,9-14,16,24,28H,7,15,17H2,1H3,(H,27,29). The number of carbonyl (C=O) groups is 1. The van der Waals surface area contributed by atoms with Crippen molar-refractivity contribution in [3.63, 3.8) is 0 Å². The summed E-state index contributed by atoms with van der Waals surface area (Å²) in [6.45, 7) is 2.59. The van der Waals surface area contributed by atoms with Crippen molar-refractivity contribution in [2.45, 2.75) is 19.3 Å². The van der Waals surface area contributed by atoms with Crippen molar-refractivity contribution in [1.82, 2.24) is 5.32 Å². The van der Waals surface area contributed by atoms with Crippen LogP contribution in [0.4, 0.5) is 4.79 Å². The zero-order valence-corrected chi connectivity index (χ0v) is 16.8. The molecule has 30 heavy (non-hydrogen) atoms. The number of amides is 1. The van der Waals surface area contributed by atoms with E-state index < -0.39 is 6.09 Å². The van der Waals surface area contributed by atoms with Crippen molar-refractivity contribution in [2.75, 3.05) is 13.2 Å². The Hall–Kier alpha value is -3.71. The van der Waals surface area contributed by atoms with Crippen LogP contribution in [0.3, 0.4) is 0 Å². The molecule has 0 spiro atoms. The van der Waals surface area contributed by atoms with E-state index in [2.05, 4.69) is 41.4 Å². The Labute approximate surface area is 176 Å². The van der Waals surface area contributed by atoms with E-state index in [4.69, 9.17) is 4.74 Å². The van der Waals surface area contributed by atoms with Gasteiger partial charge in [0, 0.05) is 18.9 Å². The summed E-state index contributed by atoms with van der Waals surface area (Å²) in [5.74, 6) is 6.10. The Bertz CT molecular complexity index is 1090. The van der Waals surface area contributed by atoms with Gasteiger partial charge in [-0.3, -0.25) is 0 Å². The van der Waals surface area contributed by atoms with Crippen LogP contribution in [0, 0.1) is 18.8 Å². The Morgan fingerprint density at radius 2 is 1.70 bits per heavy atom. The zero-order valence-electron chi connectivity index (χ0n) is 16.8. The molecule has 2 N–H and O–H groups in total. The highest BCUT2D eigenvalue weighted by Gasteiger charge is 2.28. The van der Waals surface area contributed by atoms with Gasteiger partial charge in [0.15, 0.2) is 0 Å². The summed E-state index contributed by atoms with van der Waals surface area (Å²) in [5.41, 5.74) is 6.36. The van der Waals surface area contributed by atoms with Crippen molar-refractivity contribution in [3.05, 3.63) is 89.0 Å². The summed E-state index contributed by atoms with van der Waals surface area (Å²) in [4.78, 5) is 12.1. The molecule has 0 aromatic heterocycles. The predicted octanol–water partition coefficient (Wildman–Crippen LogP) is 4.98. The molecule has 0 radical (unpaired) electrons. The van der Waals surface area contributed by atoms with Crippen molar-refractivity contribution >= 4 is 6.09 Å². The molecule has 3 aromatic rings. The average Bonchev–Trinajstić information content (AvgIpc) is 3.07. The number of phenols is 1. The molecule has 4 heteroatoms. The van der Waals surface area contributed by atoms with Crippen molar-refractivity contribution < 1.29 is 14.6 Å². The number of carbonyl (C=O) groups excluding carboxylic acids is 1. The molecule has 4 rings (SSSR count). The first kappa shape index (κ1) is 19.6. The summed E-state index contributed by atoms with van der Waals surface area (Å²) in [7, 11) is 0. The third-order valence-electron chi connectivity index (χ3n) is 5.24. The maximum atomic E-state index is 12.1. The van der Waals surface area contributed by atoms with Gasteiger partial charge in [0.25, 0.3) is 0 Å². The van der Waals surface area contributed by atoms with Crippen molar-refractivity contribution in [2.24, 2.45) is 0 Å². The fraction of sp³-hybridized carbons (Fsp3) is 0.192. The van der Waals surface area contributed by atoms with Gasteiger partial charge < -0.3 is 15.2 Å². The van der Waals surface area contributed by atoms with E-state index in [1.807, 2.05) is 37.3 Å². The van der Waals surface area contributed by atoms with Crippen LogP contribution in [-0.4, -0.2) is 24.4 Å². The van der Waals surface area contributed by atoms with Crippen LogP contribution in [-0.2, 0) is 4.74 Å². The fourth-order valence-corrected chi connectivity index (χ4v) is 3.78. The number of nitrogens with one attached hydrogen (secondary N) is 1. The minimum Gasteiger partial charge on any atom is -0.507 e. The van der Waals surface area contributed by atoms with Crippen LogP contribution < -0.4 is 5.32 Å². The van der Waals surface area contributed by atoms with Gasteiger partial charge in [-0.25, -0.2) is 4.79 Å². The van der Waals surface area contributed by atoms with Crippen LogP contribution in [0.15, 0.2) is 66.7 Å². The Morgan fingerprint density at radius 1 is 1.03 bits per heavy atom. The molecule has 0 saturated carbocycles. The van der Waals surface area contributed by atoms with Crippen LogP contribution in [0.5, 0.6) is 5.75 Å². The second-order valence-corrected chi connectivity index (χ2v) is 7.32. The van der Waals surface area contributed by atoms with E-state index in [9.17, 15) is 9.90 Å². The SMILES string of the molecule is Cc1ccc(C#CCCNC(=O)OCC2c3ccccc3-c3ccccc32)c(O)c1. The smallest absolute Gasteiger partial charge is 0.407 e. The van der Waals surface area contributed by atoms with Crippen LogP contribution in [0.2, 0.25) is 0 Å². The number of hydrogen-bond donors (Lipinski definition) is 2. The van der Waals surface area contributed by atoms with Gasteiger partial charge in [-0.15, -0.1) is 0 Å². The lowest BCUT2D eigenvalue weighted by atomic mass is 9.98. The van der Waals surface area contributed by atoms with Gasteiger partial charge >= 0.3 is 6.09 Å². The number of alkyl carbamates (subject to hydrolysis) is 1. The molecule has 150 valence electrons. The van der Waals surface area contributed by atoms with E-state index in [1.165, 1.54) is 22.3 Å². The highest BCUT2D eigenvalue weighted by Crippen LogP contribution is 2.44. The maximum Gasteiger partial charge on any atom is 0.407 e. The van der Waals surface area contributed by atoms with Crippen LogP contribution in [0.1, 0.15) is 34.6 Å². The lowest BCUT2D eigenvalue weighted by molar-refractivity contribution is 0.143. The first-order valence-electron chi connectivity index (χ1n) is 10.0. The number of rotatable bonds is 4. The molecular weight excluding hydrogens is 374 g/mol. The first-order valence-corrected chi connectivity index (χ1v) is 10.0. The minimum absolute atomic E-state index is 0.0486. The maximum absolute atomic E-state index is 12.1. The molecule has 0 bridgehead atoms. The van der Waals surface area contributed by atoms with Gasteiger partial charge in [0.05, 0.1) is 5.56 Å². The van der Waals surface area contributed by atoms with E-state index in [-0.39, 0.29) is 11.7 Å². The summed E-state index contributed by atoms with van der Waals surface area (Å²) < 4.78 is 5.50. The van der Waals surface area contributed by atoms with Gasteiger partial charge in [-0.05, 0) is 46.9 Å². The number of fused-ring (bicyclic) bond motifs is 3. The molecule has 0 fully saturated rings. The molecule has 0 aliphatic heterocycles. The van der Waals surface area contributed by atoms with E-state index in [0.717, 1.165) is 5.56 Å². The van der Waals surface area contributed by atoms with Gasteiger partial charge in [0.1, 0.15) is 12.4 Å². The molecule has 0 saturated heterocycles. The third-order valence-corrected chi connectivity index (χ3v) is 5.24. The molecular formula is C26H23NO3. The number of phenolic OH excluding ortho intramolecular Hbond substituents is 1. The van der Waals surface area contributed by atoms with Crippen LogP contribution in [0.25, 0.3) is 11.1 Å². The summed E-state index contributed by atoms with van der Waals surface area (Å²) >= 11 is 0. The summed E-state index contributed by atoms with van der Waals surface area (Å²) in [6, 6.07) is 21.9. The first-order chi connectivity index (χ1) is 14.6. The van der Waals surface area contributed by atoms with E-state index in [1.54, 1.807) is 12.1 Å². The Morgan fingerprint density at radius 3 is 2.37 bits per heavy atom. The topological polar surface area (TPSA) is 58.6 Å².